The van der Waals surface area contributed by atoms with Crippen LogP contribution >= 0.6 is 22.9 Å². The van der Waals surface area contributed by atoms with Crippen LogP contribution in [0.15, 0.2) is 12.1 Å². The number of rotatable bonds is 3. The third-order valence-corrected chi connectivity index (χ3v) is 5.61. The fourth-order valence-electron chi connectivity index (χ4n) is 2.70. The third kappa shape index (κ3) is 3.07. The second-order valence-corrected chi connectivity index (χ2v) is 7.07. The van der Waals surface area contributed by atoms with Gasteiger partial charge in [0.05, 0.1) is 5.69 Å². The summed E-state index contributed by atoms with van der Waals surface area (Å²) in [6.07, 6.45) is 3.23. The van der Waals surface area contributed by atoms with Gasteiger partial charge in [0.25, 0.3) is 0 Å². The van der Waals surface area contributed by atoms with E-state index in [1.54, 1.807) is 11.3 Å². The van der Waals surface area contributed by atoms with E-state index in [0.717, 1.165) is 46.2 Å². The van der Waals surface area contributed by atoms with Crippen LogP contribution in [0.1, 0.15) is 45.6 Å². The Kier molecular flexibility index (Phi) is 4.20. The number of aromatic nitrogens is 1. The van der Waals surface area contributed by atoms with Crippen LogP contribution < -0.4 is 10.5 Å². The van der Waals surface area contributed by atoms with Gasteiger partial charge >= 0.3 is 0 Å². The number of fused-ring (bicyclic) bond motifs is 1. The summed E-state index contributed by atoms with van der Waals surface area (Å²) in [4.78, 5) is 5.91. The van der Waals surface area contributed by atoms with Crippen molar-refractivity contribution < 1.29 is 4.74 Å². The molecule has 0 spiro atoms. The van der Waals surface area contributed by atoms with Gasteiger partial charge in [-0.2, -0.15) is 0 Å². The fraction of sp³-hybridized carbons (Fsp3) is 0.438. The first-order chi connectivity index (χ1) is 10.0. The normalized spacial score (nSPS) is 17.6. The van der Waals surface area contributed by atoms with E-state index in [9.17, 15) is 0 Å². The van der Waals surface area contributed by atoms with E-state index in [4.69, 9.17) is 22.1 Å². The summed E-state index contributed by atoms with van der Waals surface area (Å²) in [5.74, 6) is 0.840. The molecule has 0 bridgehead atoms. The lowest BCUT2D eigenvalue weighted by Crippen LogP contribution is -2.15. The fourth-order valence-corrected chi connectivity index (χ4v) is 3.87. The van der Waals surface area contributed by atoms with Crippen molar-refractivity contribution >= 4 is 22.9 Å². The maximum Gasteiger partial charge on any atom is 0.140 e. The van der Waals surface area contributed by atoms with Crippen molar-refractivity contribution in [3.8, 4) is 5.75 Å². The van der Waals surface area contributed by atoms with Gasteiger partial charge in [0.15, 0.2) is 0 Å². The third-order valence-electron chi connectivity index (χ3n) is 3.81. The molecule has 0 aliphatic heterocycles. The Morgan fingerprint density at radius 1 is 1.38 bits per heavy atom. The first kappa shape index (κ1) is 14.8. The first-order valence-corrected chi connectivity index (χ1v) is 8.37. The lowest BCUT2D eigenvalue weighted by atomic mass is 9.99. The molecule has 3 nitrogen and oxygen atoms in total. The average Bonchev–Trinajstić information content (AvgIpc) is 2.87. The zero-order chi connectivity index (χ0) is 15.0. The SMILES string of the molecule is Cc1cc(OCc2nc3c(s2)C(N)CCC3)cc(C)c1Cl. The molecule has 0 saturated carbocycles. The minimum Gasteiger partial charge on any atom is -0.486 e. The van der Waals surface area contributed by atoms with Gasteiger partial charge in [-0.1, -0.05) is 11.6 Å². The highest BCUT2D eigenvalue weighted by Gasteiger charge is 2.21. The zero-order valence-corrected chi connectivity index (χ0v) is 13.9. The molecule has 0 saturated heterocycles. The monoisotopic (exact) mass is 322 g/mol. The smallest absolute Gasteiger partial charge is 0.140 e. The summed E-state index contributed by atoms with van der Waals surface area (Å²) < 4.78 is 5.87. The second kappa shape index (κ2) is 5.95. The highest BCUT2D eigenvalue weighted by molar-refractivity contribution is 7.11. The van der Waals surface area contributed by atoms with Crippen LogP contribution in [-0.2, 0) is 13.0 Å². The number of ether oxygens (including phenoxy) is 1. The van der Waals surface area contributed by atoms with E-state index in [1.807, 2.05) is 26.0 Å². The number of halogens is 1. The second-order valence-electron chi connectivity index (χ2n) is 5.58. The van der Waals surface area contributed by atoms with E-state index in [-0.39, 0.29) is 6.04 Å². The summed E-state index contributed by atoms with van der Waals surface area (Å²) in [5.41, 5.74) is 9.37. The van der Waals surface area contributed by atoms with Crippen molar-refractivity contribution in [3.05, 3.63) is 43.9 Å². The first-order valence-electron chi connectivity index (χ1n) is 7.18. The van der Waals surface area contributed by atoms with Crippen molar-refractivity contribution in [1.82, 2.24) is 4.98 Å². The van der Waals surface area contributed by atoms with Gasteiger partial charge in [-0.3, -0.25) is 0 Å². The minimum atomic E-state index is 0.153. The highest BCUT2D eigenvalue weighted by Crippen LogP contribution is 2.33. The van der Waals surface area contributed by atoms with Crippen molar-refractivity contribution in [1.29, 1.82) is 0 Å². The van der Waals surface area contributed by atoms with Crippen molar-refractivity contribution in [2.24, 2.45) is 5.73 Å². The molecule has 3 rings (SSSR count). The van der Waals surface area contributed by atoms with Crippen LogP contribution in [0.2, 0.25) is 5.02 Å². The van der Waals surface area contributed by atoms with Crippen LogP contribution in [-0.4, -0.2) is 4.98 Å². The van der Waals surface area contributed by atoms with Crippen LogP contribution in [0, 0.1) is 13.8 Å². The van der Waals surface area contributed by atoms with Crippen LogP contribution in [0.4, 0.5) is 0 Å². The minimum absolute atomic E-state index is 0.153. The maximum absolute atomic E-state index is 6.17. The number of hydrogen-bond acceptors (Lipinski definition) is 4. The lowest BCUT2D eigenvalue weighted by Gasteiger charge is -2.15. The predicted octanol–water partition coefficient (Wildman–Crippen LogP) is 4.33. The predicted molar refractivity (Wildman–Crippen MR) is 87.2 cm³/mol. The number of nitrogens with zero attached hydrogens (tertiary/aromatic N) is 1. The van der Waals surface area contributed by atoms with Gasteiger partial charge in [-0.05, 0) is 56.4 Å². The Hall–Kier alpha value is -1.10. The zero-order valence-electron chi connectivity index (χ0n) is 12.3. The van der Waals surface area contributed by atoms with E-state index < -0.39 is 0 Å². The number of nitrogens with two attached hydrogens (primary N) is 1. The molecule has 1 aromatic heterocycles. The summed E-state index contributed by atoms with van der Waals surface area (Å²) in [7, 11) is 0. The molecule has 0 radical (unpaired) electrons. The molecule has 1 aliphatic rings. The topological polar surface area (TPSA) is 48.1 Å². The molecule has 1 atom stereocenters. The van der Waals surface area contributed by atoms with Crippen molar-refractivity contribution in [2.45, 2.75) is 45.8 Å². The van der Waals surface area contributed by atoms with E-state index in [0.29, 0.717) is 6.61 Å². The molecule has 21 heavy (non-hydrogen) atoms. The van der Waals surface area contributed by atoms with E-state index in [1.165, 1.54) is 10.6 Å². The summed E-state index contributed by atoms with van der Waals surface area (Å²) in [5, 5.41) is 1.81. The number of thiazole rings is 1. The van der Waals surface area contributed by atoms with Gasteiger partial charge in [0, 0.05) is 15.9 Å². The van der Waals surface area contributed by atoms with Crippen molar-refractivity contribution in [3.63, 3.8) is 0 Å². The Balaban J connectivity index is 1.73. The molecule has 5 heteroatoms. The summed E-state index contributed by atoms with van der Waals surface area (Å²) in [6.45, 7) is 4.47. The molecular formula is C16H19ClN2OS. The van der Waals surface area contributed by atoms with E-state index >= 15 is 0 Å². The van der Waals surface area contributed by atoms with Gasteiger partial charge in [-0.25, -0.2) is 4.98 Å². The summed E-state index contributed by atoms with van der Waals surface area (Å²) >= 11 is 7.86. The van der Waals surface area contributed by atoms with Crippen LogP contribution in [0.25, 0.3) is 0 Å². The molecular weight excluding hydrogens is 304 g/mol. The lowest BCUT2D eigenvalue weighted by molar-refractivity contribution is 0.305. The Bertz CT molecular complexity index is 645. The average molecular weight is 323 g/mol. The summed E-state index contributed by atoms with van der Waals surface area (Å²) in [6, 6.07) is 4.09. The molecule has 0 fully saturated rings. The molecule has 0 amide bonds. The maximum atomic E-state index is 6.17. The van der Waals surface area contributed by atoms with Crippen LogP contribution in [0.3, 0.4) is 0 Å². The molecule has 2 N–H and O–H groups in total. The molecule has 1 aromatic carbocycles. The van der Waals surface area contributed by atoms with Gasteiger partial charge in [-0.15, -0.1) is 11.3 Å². The molecule has 112 valence electrons. The molecule has 2 aromatic rings. The Labute approximate surface area is 134 Å². The Morgan fingerprint density at radius 3 is 2.76 bits per heavy atom. The van der Waals surface area contributed by atoms with Crippen LogP contribution in [0.5, 0.6) is 5.75 Å². The van der Waals surface area contributed by atoms with Crippen molar-refractivity contribution in [2.75, 3.05) is 0 Å². The largest absolute Gasteiger partial charge is 0.486 e. The standard InChI is InChI=1S/C16H19ClN2OS/c1-9-6-11(7-10(2)15(9)17)20-8-14-19-13-5-3-4-12(18)16(13)21-14/h6-7,12H,3-5,8,18H2,1-2H3. The molecule has 1 aliphatic carbocycles. The van der Waals surface area contributed by atoms with Gasteiger partial charge in [0.1, 0.15) is 17.4 Å². The molecule has 1 unspecified atom stereocenters. The van der Waals surface area contributed by atoms with E-state index in [2.05, 4.69) is 4.98 Å². The number of aryl methyl sites for hydroxylation is 3. The number of benzene rings is 1. The Morgan fingerprint density at radius 2 is 2.10 bits per heavy atom. The highest BCUT2D eigenvalue weighted by atomic mass is 35.5. The van der Waals surface area contributed by atoms with Gasteiger partial charge in [0.2, 0.25) is 0 Å². The molecule has 1 heterocycles. The number of hydrogen-bond donors (Lipinski definition) is 1. The quantitative estimate of drug-likeness (QED) is 0.915. The van der Waals surface area contributed by atoms with Gasteiger partial charge < -0.3 is 10.5 Å².